The Morgan fingerprint density at radius 1 is 0.808 bits per heavy atom. The van der Waals surface area contributed by atoms with Crippen LogP contribution in [0.3, 0.4) is 0 Å². The summed E-state index contributed by atoms with van der Waals surface area (Å²) in [5, 5.41) is 0. The molecule has 26 heavy (non-hydrogen) atoms. The second kappa shape index (κ2) is 8.48. The molecule has 1 heterocycles. The van der Waals surface area contributed by atoms with Crippen molar-refractivity contribution in [3.8, 4) is 0 Å². The number of anilines is 3. The van der Waals surface area contributed by atoms with Crippen LogP contribution >= 0.6 is 0 Å². The van der Waals surface area contributed by atoms with E-state index >= 15 is 0 Å². The first kappa shape index (κ1) is 17.9. The van der Waals surface area contributed by atoms with E-state index in [0.717, 1.165) is 42.8 Å². The average Bonchev–Trinajstić information content (AvgIpc) is 2.68. The van der Waals surface area contributed by atoms with Crippen LogP contribution in [-0.2, 0) is 6.54 Å². The second-order valence-electron chi connectivity index (χ2n) is 6.25. The SMILES string of the molecule is CCN(Cc1ccccc1)c1nc(C)cc(N(CC)c2ccccc2)n1. The van der Waals surface area contributed by atoms with Crippen molar-refractivity contribution in [2.45, 2.75) is 27.3 Å². The summed E-state index contributed by atoms with van der Waals surface area (Å²) >= 11 is 0. The molecule has 4 heteroatoms. The maximum absolute atomic E-state index is 4.89. The number of benzene rings is 2. The summed E-state index contributed by atoms with van der Waals surface area (Å²) < 4.78 is 0. The fourth-order valence-corrected chi connectivity index (χ4v) is 3.03. The highest BCUT2D eigenvalue weighted by Crippen LogP contribution is 2.25. The molecule has 0 aliphatic rings. The predicted octanol–water partition coefficient (Wildman–Crippen LogP) is 4.97. The molecule has 0 amide bonds. The van der Waals surface area contributed by atoms with Gasteiger partial charge in [-0.2, -0.15) is 4.98 Å². The average molecular weight is 346 g/mol. The van der Waals surface area contributed by atoms with E-state index in [9.17, 15) is 0 Å². The van der Waals surface area contributed by atoms with Crippen LogP contribution in [0.25, 0.3) is 0 Å². The fourth-order valence-electron chi connectivity index (χ4n) is 3.03. The smallest absolute Gasteiger partial charge is 0.227 e. The molecule has 0 bridgehead atoms. The van der Waals surface area contributed by atoms with Gasteiger partial charge in [0.25, 0.3) is 0 Å². The lowest BCUT2D eigenvalue weighted by atomic mass is 10.2. The van der Waals surface area contributed by atoms with Gasteiger partial charge in [-0.15, -0.1) is 0 Å². The molecule has 0 N–H and O–H groups in total. The van der Waals surface area contributed by atoms with Crippen molar-refractivity contribution in [2.24, 2.45) is 0 Å². The largest absolute Gasteiger partial charge is 0.337 e. The molecule has 0 saturated carbocycles. The van der Waals surface area contributed by atoms with Crippen LogP contribution in [0, 0.1) is 6.92 Å². The van der Waals surface area contributed by atoms with Crippen LogP contribution in [0.1, 0.15) is 25.1 Å². The highest BCUT2D eigenvalue weighted by atomic mass is 15.3. The Hall–Kier alpha value is -2.88. The van der Waals surface area contributed by atoms with Crippen molar-refractivity contribution in [1.29, 1.82) is 0 Å². The number of hydrogen-bond acceptors (Lipinski definition) is 4. The van der Waals surface area contributed by atoms with E-state index in [-0.39, 0.29) is 0 Å². The maximum atomic E-state index is 4.89. The minimum atomic E-state index is 0.778. The fraction of sp³-hybridized carbons (Fsp3) is 0.273. The van der Waals surface area contributed by atoms with Gasteiger partial charge < -0.3 is 9.80 Å². The van der Waals surface area contributed by atoms with Crippen LogP contribution in [-0.4, -0.2) is 23.1 Å². The van der Waals surface area contributed by atoms with Gasteiger partial charge in [-0.25, -0.2) is 4.98 Å². The molecule has 0 spiro atoms. The van der Waals surface area contributed by atoms with Gasteiger partial charge in [-0.3, -0.25) is 0 Å². The number of aromatic nitrogens is 2. The van der Waals surface area contributed by atoms with Gasteiger partial charge >= 0.3 is 0 Å². The van der Waals surface area contributed by atoms with E-state index in [1.807, 2.05) is 19.1 Å². The molecule has 0 fully saturated rings. The molecule has 2 aromatic carbocycles. The lowest BCUT2D eigenvalue weighted by Gasteiger charge is -2.26. The van der Waals surface area contributed by atoms with E-state index in [4.69, 9.17) is 9.97 Å². The highest BCUT2D eigenvalue weighted by Gasteiger charge is 2.14. The Morgan fingerprint density at radius 3 is 2.08 bits per heavy atom. The lowest BCUT2D eigenvalue weighted by molar-refractivity contribution is 0.784. The van der Waals surface area contributed by atoms with Gasteiger partial charge in [0.1, 0.15) is 5.82 Å². The molecule has 0 unspecified atom stereocenters. The number of rotatable bonds is 7. The van der Waals surface area contributed by atoms with E-state index in [0.29, 0.717) is 0 Å². The molecular formula is C22H26N4. The topological polar surface area (TPSA) is 32.3 Å². The number of hydrogen-bond donors (Lipinski definition) is 0. The van der Waals surface area contributed by atoms with Crippen molar-refractivity contribution >= 4 is 17.5 Å². The Bertz CT molecular complexity index is 818. The normalized spacial score (nSPS) is 10.6. The number of nitrogens with zero attached hydrogens (tertiary/aromatic N) is 4. The summed E-state index contributed by atoms with van der Waals surface area (Å²) in [6.07, 6.45) is 0. The van der Waals surface area contributed by atoms with Crippen molar-refractivity contribution in [3.05, 3.63) is 78.0 Å². The van der Waals surface area contributed by atoms with Gasteiger partial charge in [0.15, 0.2) is 0 Å². The Balaban J connectivity index is 1.93. The first-order chi connectivity index (χ1) is 12.7. The Kier molecular flexibility index (Phi) is 5.84. The third-order valence-corrected chi connectivity index (χ3v) is 4.37. The van der Waals surface area contributed by atoms with Gasteiger partial charge in [-0.1, -0.05) is 48.5 Å². The summed E-state index contributed by atoms with van der Waals surface area (Å²) in [6, 6.07) is 22.9. The van der Waals surface area contributed by atoms with Crippen molar-refractivity contribution in [3.63, 3.8) is 0 Å². The zero-order valence-electron chi connectivity index (χ0n) is 15.8. The second-order valence-corrected chi connectivity index (χ2v) is 6.25. The zero-order chi connectivity index (χ0) is 18.4. The standard InChI is InChI=1S/C22H26N4/c1-4-25(17-19-12-8-6-9-13-19)22-23-18(3)16-21(24-22)26(5-2)20-14-10-7-11-15-20/h6-16H,4-5,17H2,1-3H3. The first-order valence-electron chi connectivity index (χ1n) is 9.18. The third-order valence-electron chi connectivity index (χ3n) is 4.37. The molecule has 0 saturated heterocycles. The quantitative estimate of drug-likeness (QED) is 0.604. The number of para-hydroxylation sites is 1. The third kappa shape index (κ3) is 4.20. The van der Waals surface area contributed by atoms with Crippen molar-refractivity contribution in [2.75, 3.05) is 22.9 Å². The molecule has 0 atom stereocenters. The molecule has 1 aromatic heterocycles. The molecule has 3 rings (SSSR count). The van der Waals surface area contributed by atoms with Gasteiger partial charge in [0, 0.05) is 37.1 Å². The van der Waals surface area contributed by atoms with E-state index in [1.165, 1.54) is 5.56 Å². The van der Waals surface area contributed by atoms with E-state index in [2.05, 4.69) is 78.2 Å². The van der Waals surface area contributed by atoms with Crippen LogP contribution in [0.5, 0.6) is 0 Å². The summed E-state index contributed by atoms with van der Waals surface area (Å²) in [6.45, 7) is 8.83. The van der Waals surface area contributed by atoms with Crippen molar-refractivity contribution < 1.29 is 0 Å². The Labute approximate surface area is 156 Å². The summed E-state index contributed by atoms with van der Waals surface area (Å²) in [5.41, 5.74) is 3.38. The maximum Gasteiger partial charge on any atom is 0.227 e. The van der Waals surface area contributed by atoms with E-state index in [1.54, 1.807) is 0 Å². The molecule has 0 radical (unpaired) electrons. The van der Waals surface area contributed by atoms with Crippen LogP contribution in [0.2, 0.25) is 0 Å². The molecular weight excluding hydrogens is 320 g/mol. The first-order valence-corrected chi connectivity index (χ1v) is 9.18. The van der Waals surface area contributed by atoms with Crippen LogP contribution in [0.15, 0.2) is 66.7 Å². The summed E-state index contributed by atoms with van der Waals surface area (Å²) in [5.74, 6) is 1.72. The molecule has 134 valence electrons. The minimum Gasteiger partial charge on any atom is -0.337 e. The summed E-state index contributed by atoms with van der Waals surface area (Å²) in [4.78, 5) is 14.0. The van der Waals surface area contributed by atoms with E-state index < -0.39 is 0 Å². The van der Waals surface area contributed by atoms with Gasteiger partial charge in [0.2, 0.25) is 5.95 Å². The molecule has 3 aromatic rings. The highest BCUT2D eigenvalue weighted by molar-refractivity contribution is 5.61. The van der Waals surface area contributed by atoms with Gasteiger partial charge in [0.05, 0.1) is 0 Å². The van der Waals surface area contributed by atoms with Crippen LogP contribution in [0.4, 0.5) is 17.5 Å². The number of aryl methyl sites for hydroxylation is 1. The van der Waals surface area contributed by atoms with Crippen molar-refractivity contribution in [1.82, 2.24) is 9.97 Å². The molecule has 0 aliphatic heterocycles. The predicted molar refractivity (Wildman–Crippen MR) is 109 cm³/mol. The zero-order valence-corrected chi connectivity index (χ0v) is 15.8. The summed E-state index contributed by atoms with van der Waals surface area (Å²) in [7, 11) is 0. The Morgan fingerprint density at radius 2 is 1.46 bits per heavy atom. The lowest BCUT2D eigenvalue weighted by Crippen LogP contribution is -2.26. The van der Waals surface area contributed by atoms with Gasteiger partial charge in [-0.05, 0) is 38.5 Å². The molecule has 0 aliphatic carbocycles. The van der Waals surface area contributed by atoms with Crippen LogP contribution < -0.4 is 9.80 Å². The monoisotopic (exact) mass is 346 g/mol. The molecule has 4 nitrogen and oxygen atoms in total. The minimum absolute atomic E-state index is 0.778.